The zero-order valence-electron chi connectivity index (χ0n) is 14.0. The van der Waals surface area contributed by atoms with Crippen molar-refractivity contribution in [3.8, 4) is 0 Å². The summed E-state index contributed by atoms with van der Waals surface area (Å²) in [5.74, 6) is -0.116. The van der Waals surface area contributed by atoms with Crippen LogP contribution in [0.4, 0.5) is 5.69 Å². The highest BCUT2D eigenvalue weighted by Crippen LogP contribution is 2.24. The van der Waals surface area contributed by atoms with E-state index >= 15 is 0 Å². The summed E-state index contributed by atoms with van der Waals surface area (Å²) in [6.07, 6.45) is 0. The highest BCUT2D eigenvalue weighted by atomic mass is 32.2. The molecule has 2 aromatic rings. The normalized spacial score (nSPS) is 12.0. The zero-order valence-corrected chi connectivity index (χ0v) is 14.8. The molecule has 1 heterocycles. The third kappa shape index (κ3) is 4.45. The van der Waals surface area contributed by atoms with Crippen LogP contribution in [0.3, 0.4) is 0 Å². The van der Waals surface area contributed by atoms with E-state index in [1.54, 1.807) is 13.8 Å². The Labute approximate surface area is 139 Å². The van der Waals surface area contributed by atoms with Crippen LogP contribution in [0.5, 0.6) is 0 Å². The fourth-order valence-corrected chi connectivity index (χ4v) is 3.29. The summed E-state index contributed by atoms with van der Waals surface area (Å²) in [5, 5.41) is 3.05. The van der Waals surface area contributed by atoms with Gasteiger partial charge in [-0.3, -0.25) is 9.59 Å². The molecule has 122 valence electrons. The van der Waals surface area contributed by atoms with Crippen LogP contribution < -0.4 is 10.9 Å². The second kappa shape index (κ2) is 7.00. The lowest BCUT2D eigenvalue weighted by molar-refractivity contribution is -0.115. The molecule has 0 aliphatic rings. The maximum Gasteiger partial charge on any atom is 0.251 e. The Kier molecular flexibility index (Phi) is 5.26. The Hall–Kier alpha value is -2.08. The molecule has 0 fully saturated rings. The van der Waals surface area contributed by atoms with Crippen molar-refractivity contribution in [2.45, 2.75) is 45.0 Å². The van der Waals surface area contributed by atoms with Crippen LogP contribution in [-0.2, 0) is 4.79 Å². The van der Waals surface area contributed by atoms with Crippen molar-refractivity contribution in [2.24, 2.45) is 0 Å². The number of hydrogen-bond donors (Lipinski definition) is 2. The number of aromatic amines is 1. The van der Waals surface area contributed by atoms with E-state index in [0.29, 0.717) is 10.9 Å². The van der Waals surface area contributed by atoms with Crippen LogP contribution in [-0.4, -0.2) is 21.1 Å². The van der Waals surface area contributed by atoms with Gasteiger partial charge in [-0.2, -0.15) is 0 Å². The smallest absolute Gasteiger partial charge is 0.251 e. The topological polar surface area (TPSA) is 74.8 Å². The second-order valence-electron chi connectivity index (χ2n) is 5.71. The van der Waals surface area contributed by atoms with Crippen molar-refractivity contribution < 1.29 is 4.79 Å². The van der Waals surface area contributed by atoms with Crippen LogP contribution in [0.25, 0.3) is 0 Å². The molecule has 0 saturated carbocycles. The second-order valence-corrected chi connectivity index (χ2v) is 7.04. The van der Waals surface area contributed by atoms with Gasteiger partial charge >= 0.3 is 0 Å². The standard InChI is InChI=1S/C17H21N3O2S/c1-9-6-10(2)15(11(3)7-9)20-16(22)13(5)23-17-18-12(4)8-14(21)19-17/h6-8,13H,1-5H3,(H,20,22)(H,18,19,21). The molecule has 1 amide bonds. The summed E-state index contributed by atoms with van der Waals surface area (Å²) < 4.78 is 0. The molecule has 0 radical (unpaired) electrons. The Bertz CT molecular complexity index is 776. The SMILES string of the molecule is Cc1cc(C)c(NC(=O)C(C)Sc2nc(C)cc(=O)[nH]2)c(C)c1. The van der Waals surface area contributed by atoms with Gasteiger partial charge in [0.05, 0.1) is 5.25 Å². The fourth-order valence-electron chi connectivity index (χ4n) is 2.43. The number of carbonyl (C=O) groups excluding carboxylic acids is 1. The molecule has 2 rings (SSSR count). The average molecular weight is 331 g/mol. The van der Waals surface area contributed by atoms with Crippen molar-refractivity contribution >= 4 is 23.4 Å². The molecule has 0 bridgehead atoms. The third-order valence-corrected chi connectivity index (χ3v) is 4.42. The highest BCUT2D eigenvalue weighted by molar-refractivity contribution is 8.00. The van der Waals surface area contributed by atoms with Crippen molar-refractivity contribution in [2.75, 3.05) is 5.32 Å². The van der Waals surface area contributed by atoms with Gasteiger partial charge in [-0.05, 0) is 45.7 Å². The van der Waals surface area contributed by atoms with Gasteiger partial charge in [-0.1, -0.05) is 29.5 Å². The van der Waals surface area contributed by atoms with Gasteiger partial charge in [0.2, 0.25) is 5.91 Å². The highest BCUT2D eigenvalue weighted by Gasteiger charge is 2.18. The minimum atomic E-state index is -0.375. The Morgan fingerprint density at radius 3 is 2.35 bits per heavy atom. The number of nitrogens with zero attached hydrogens (tertiary/aromatic N) is 1. The summed E-state index contributed by atoms with van der Waals surface area (Å²) in [7, 11) is 0. The van der Waals surface area contributed by atoms with E-state index in [4.69, 9.17) is 0 Å². The van der Waals surface area contributed by atoms with Gasteiger partial charge in [0.25, 0.3) is 5.56 Å². The molecule has 23 heavy (non-hydrogen) atoms. The number of benzene rings is 1. The van der Waals surface area contributed by atoms with Gasteiger partial charge in [-0.15, -0.1) is 0 Å². The molecule has 0 spiro atoms. The minimum absolute atomic E-state index is 0.116. The molecule has 1 atom stereocenters. The number of amides is 1. The number of rotatable bonds is 4. The van der Waals surface area contributed by atoms with Crippen molar-refractivity contribution in [1.29, 1.82) is 0 Å². The molecule has 2 N–H and O–H groups in total. The molecule has 6 heteroatoms. The van der Waals surface area contributed by atoms with E-state index in [-0.39, 0.29) is 16.7 Å². The molecule has 0 saturated heterocycles. The van der Waals surface area contributed by atoms with Crippen molar-refractivity contribution in [3.63, 3.8) is 0 Å². The van der Waals surface area contributed by atoms with Gasteiger partial charge in [0, 0.05) is 17.4 Å². The number of H-pyrrole nitrogens is 1. The first-order valence-electron chi connectivity index (χ1n) is 7.39. The van der Waals surface area contributed by atoms with Gasteiger partial charge in [0.1, 0.15) is 0 Å². The average Bonchev–Trinajstić information content (AvgIpc) is 2.41. The van der Waals surface area contributed by atoms with Gasteiger partial charge < -0.3 is 10.3 Å². The quantitative estimate of drug-likeness (QED) is 0.667. The van der Waals surface area contributed by atoms with E-state index < -0.39 is 0 Å². The zero-order chi connectivity index (χ0) is 17.1. The predicted molar refractivity (Wildman–Crippen MR) is 94.2 cm³/mol. The number of carbonyl (C=O) groups is 1. The van der Waals surface area contributed by atoms with Gasteiger partial charge in [0.15, 0.2) is 5.16 Å². The maximum absolute atomic E-state index is 12.4. The fraction of sp³-hybridized carbons (Fsp3) is 0.353. The Balaban J connectivity index is 2.13. The first-order valence-corrected chi connectivity index (χ1v) is 8.27. The number of anilines is 1. The minimum Gasteiger partial charge on any atom is -0.325 e. The molecular formula is C17H21N3O2S. The summed E-state index contributed by atoms with van der Waals surface area (Å²) in [6, 6.07) is 5.51. The van der Waals surface area contributed by atoms with E-state index in [9.17, 15) is 9.59 Å². The first kappa shape index (κ1) is 17.3. The van der Waals surface area contributed by atoms with E-state index in [1.165, 1.54) is 23.4 Å². The molecule has 1 aromatic heterocycles. The number of hydrogen-bond acceptors (Lipinski definition) is 4. The predicted octanol–water partition coefficient (Wildman–Crippen LogP) is 3.12. The van der Waals surface area contributed by atoms with Crippen LogP contribution in [0.15, 0.2) is 28.2 Å². The number of nitrogens with one attached hydrogen (secondary N) is 2. The molecule has 1 aromatic carbocycles. The molecule has 0 aliphatic carbocycles. The molecule has 0 aliphatic heterocycles. The number of aromatic nitrogens is 2. The lowest BCUT2D eigenvalue weighted by Crippen LogP contribution is -2.24. The maximum atomic E-state index is 12.4. The Morgan fingerprint density at radius 1 is 1.17 bits per heavy atom. The first-order chi connectivity index (χ1) is 10.8. The summed E-state index contributed by atoms with van der Waals surface area (Å²) in [6.45, 7) is 9.54. The largest absolute Gasteiger partial charge is 0.325 e. The molecule has 5 nitrogen and oxygen atoms in total. The van der Waals surface area contributed by atoms with Gasteiger partial charge in [-0.25, -0.2) is 4.98 Å². The number of thioether (sulfide) groups is 1. The van der Waals surface area contributed by atoms with E-state index in [1.807, 2.05) is 32.9 Å². The summed E-state index contributed by atoms with van der Waals surface area (Å²) >= 11 is 1.24. The van der Waals surface area contributed by atoms with Crippen LogP contribution in [0.1, 0.15) is 29.3 Å². The van der Waals surface area contributed by atoms with Crippen LogP contribution in [0, 0.1) is 27.7 Å². The lowest BCUT2D eigenvalue weighted by atomic mass is 10.1. The lowest BCUT2D eigenvalue weighted by Gasteiger charge is -2.16. The van der Waals surface area contributed by atoms with Crippen molar-refractivity contribution in [3.05, 3.63) is 50.9 Å². The summed E-state index contributed by atoms with van der Waals surface area (Å²) in [5.41, 5.74) is 4.51. The third-order valence-electron chi connectivity index (χ3n) is 3.43. The van der Waals surface area contributed by atoms with Crippen LogP contribution in [0.2, 0.25) is 0 Å². The van der Waals surface area contributed by atoms with E-state index in [0.717, 1.165) is 16.8 Å². The summed E-state index contributed by atoms with van der Waals surface area (Å²) in [4.78, 5) is 30.8. The molecule has 1 unspecified atom stereocenters. The molecular weight excluding hydrogens is 310 g/mol. The monoisotopic (exact) mass is 331 g/mol. The van der Waals surface area contributed by atoms with E-state index in [2.05, 4.69) is 15.3 Å². The van der Waals surface area contributed by atoms with Crippen LogP contribution >= 0.6 is 11.8 Å². The number of aryl methyl sites for hydroxylation is 4. The van der Waals surface area contributed by atoms with Crippen molar-refractivity contribution in [1.82, 2.24) is 9.97 Å². The Morgan fingerprint density at radius 2 is 1.78 bits per heavy atom.